The van der Waals surface area contributed by atoms with Crippen molar-refractivity contribution in [2.45, 2.75) is 57.7 Å². The molecule has 1 heterocycles. The third-order valence-corrected chi connectivity index (χ3v) is 3.29. The second kappa shape index (κ2) is 9.72. The van der Waals surface area contributed by atoms with Crippen molar-refractivity contribution >= 4 is 11.9 Å². The normalized spacial score (nSPS) is 19.8. The van der Waals surface area contributed by atoms with Crippen molar-refractivity contribution in [3.63, 3.8) is 0 Å². The van der Waals surface area contributed by atoms with Gasteiger partial charge in [0.15, 0.2) is 0 Å². The Balaban J connectivity index is 1.98. The molecule has 0 saturated carbocycles. The summed E-state index contributed by atoms with van der Waals surface area (Å²) in [7, 11) is 0. The monoisotopic (exact) mass is 287 g/mol. The summed E-state index contributed by atoms with van der Waals surface area (Å²) in [5.41, 5.74) is 0. The largest absolute Gasteiger partial charge is 0.481 e. The standard InChI is InChI=1S/C14H25NO5/c1-11(20-10-12-6-5-9-19-12)14(18)15-8-4-2-3-7-13(16)17/h11-12H,2-10H2,1H3,(H,15,18)(H,16,17). The van der Waals surface area contributed by atoms with Crippen LogP contribution in [0.5, 0.6) is 0 Å². The molecule has 0 radical (unpaired) electrons. The van der Waals surface area contributed by atoms with E-state index in [9.17, 15) is 9.59 Å². The fraction of sp³-hybridized carbons (Fsp3) is 0.857. The van der Waals surface area contributed by atoms with E-state index in [1.54, 1.807) is 6.92 Å². The Kier molecular flexibility index (Phi) is 8.22. The maximum Gasteiger partial charge on any atom is 0.303 e. The van der Waals surface area contributed by atoms with Crippen molar-refractivity contribution in [3.05, 3.63) is 0 Å². The predicted octanol–water partition coefficient (Wildman–Crippen LogP) is 1.33. The van der Waals surface area contributed by atoms with E-state index in [0.717, 1.165) is 32.3 Å². The fourth-order valence-electron chi connectivity index (χ4n) is 2.04. The van der Waals surface area contributed by atoms with Crippen LogP contribution in [-0.2, 0) is 19.1 Å². The van der Waals surface area contributed by atoms with E-state index in [1.807, 2.05) is 0 Å². The summed E-state index contributed by atoms with van der Waals surface area (Å²) in [4.78, 5) is 22.0. The van der Waals surface area contributed by atoms with Crippen LogP contribution in [0.4, 0.5) is 0 Å². The van der Waals surface area contributed by atoms with E-state index in [4.69, 9.17) is 14.6 Å². The number of carboxylic acid groups (broad SMARTS) is 1. The first-order chi connectivity index (χ1) is 9.59. The van der Waals surface area contributed by atoms with Gasteiger partial charge in [0, 0.05) is 19.6 Å². The molecule has 1 aliphatic rings. The summed E-state index contributed by atoms with van der Waals surface area (Å²) in [5, 5.41) is 11.3. The number of unbranched alkanes of at least 4 members (excludes halogenated alkanes) is 2. The number of hydrogen-bond donors (Lipinski definition) is 2. The van der Waals surface area contributed by atoms with Gasteiger partial charge in [-0.1, -0.05) is 6.42 Å². The molecule has 6 nitrogen and oxygen atoms in total. The van der Waals surface area contributed by atoms with Gasteiger partial charge in [0.2, 0.25) is 5.91 Å². The third-order valence-electron chi connectivity index (χ3n) is 3.29. The van der Waals surface area contributed by atoms with Crippen molar-refractivity contribution in [2.75, 3.05) is 19.8 Å². The van der Waals surface area contributed by atoms with Gasteiger partial charge in [-0.15, -0.1) is 0 Å². The molecule has 0 aromatic rings. The molecular formula is C14H25NO5. The Morgan fingerprint density at radius 1 is 1.40 bits per heavy atom. The number of carbonyl (C=O) groups is 2. The summed E-state index contributed by atoms with van der Waals surface area (Å²) >= 11 is 0. The van der Waals surface area contributed by atoms with Gasteiger partial charge in [-0.2, -0.15) is 0 Å². The summed E-state index contributed by atoms with van der Waals surface area (Å²) in [5.74, 6) is -0.897. The first-order valence-electron chi connectivity index (χ1n) is 7.32. The zero-order chi connectivity index (χ0) is 14.8. The smallest absolute Gasteiger partial charge is 0.303 e. The molecule has 2 atom stereocenters. The Hall–Kier alpha value is -1.14. The molecule has 2 N–H and O–H groups in total. The number of nitrogens with one attached hydrogen (secondary N) is 1. The molecule has 20 heavy (non-hydrogen) atoms. The third kappa shape index (κ3) is 7.45. The molecule has 1 fully saturated rings. The van der Waals surface area contributed by atoms with Gasteiger partial charge in [0.25, 0.3) is 0 Å². The van der Waals surface area contributed by atoms with E-state index < -0.39 is 12.1 Å². The van der Waals surface area contributed by atoms with Gasteiger partial charge in [0.1, 0.15) is 6.10 Å². The predicted molar refractivity (Wildman–Crippen MR) is 73.5 cm³/mol. The molecule has 1 aliphatic heterocycles. The lowest BCUT2D eigenvalue weighted by Gasteiger charge is -2.16. The summed E-state index contributed by atoms with van der Waals surface area (Å²) in [6.45, 7) is 3.54. The molecule has 1 rings (SSSR count). The molecule has 2 unspecified atom stereocenters. The van der Waals surface area contributed by atoms with E-state index in [1.165, 1.54) is 0 Å². The van der Waals surface area contributed by atoms with Crippen LogP contribution in [0.1, 0.15) is 45.4 Å². The summed E-state index contributed by atoms with van der Waals surface area (Å²) in [6, 6.07) is 0. The van der Waals surface area contributed by atoms with Gasteiger partial charge < -0.3 is 19.9 Å². The van der Waals surface area contributed by atoms with Gasteiger partial charge in [-0.05, 0) is 32.6 Å². The van der Waals surface area contributed by atoms with Gasteiger partial charge in [-0.25, -0.2) is 0 Å². The number of rotatable bonds is 10. The van der Waals surface area contributed by atoms with Gasteiger partial charge in [0.05, 0.1) is 12.7 Å². The van der Waals surface area contributed by atoms with Crippen LogP contribution in [0.3, 0.4) is 0 Å². The quantitative estimate of drug-likeness (QED) is 0.592. The zero-order valence-corrected chi connectivity index (χ0v) is 12.1. The van der Waals surface area contributed by atoms with E-state index in [-0.39, 0.29) is 18.4 Å². The number of carboxylic acids is 1. The minimum atomic E-state index is -0.773. The number of carbonyl (C=O) groups excluding carboxylic acids is 1. The second-order valence-corrected chi connectivity index (χ2v) is 5.11. The van der Waals surface area contributed by atoms with E-state index in [0.29, 0.717) is 19.6 Å². The lowest BCUT2D eigenvalue weighted by atomic mass is 10.2. The highest BCUT2D eigenvalue weighted by molar-refractivity contribution is 5.80. The van der Waals surface area contributed by atoms with Crippen LogP contribution in [0.15, 0.2) is 0 Å². The molecule has 0 aromatic carbocycles. The number of ether oxygens (including phenoxy) is 2. The lowest BCUT2D eigenvalue weighted by Crippen LogP contribution is -2.36. The van der Waals surface area contributed by atoms with Crippen LogP contribution < -0.4 is 5.32 Å². The summed E-state index contributed by atoms with van der Waals surface area (Å²) in [6.07, 6.45) is 4.14. The highest BCUT2D eigenvalue weighted by Crippen LogP contribution is 2.12. The average Bonchev–Trinajstić information content (AvgIpc) is 2.92. The molecule has 6 heteroatoms. The van der Waals surface area contributed by atoms with Crippen molar-refractivity contribution in [1.29, 1.82) is 0 Å². The maximum atomic E-state index is 11.7. The fourth-order valence-corrected chi connectivity index (χ4v) is 2.04. The molecular weight excluding hydrogens is 262 g/mol. The summed E-state index contributed by atoms with van der Waals surface area (Å²) < 4.78 is 10.9. The van der Waals surface area contributed by atoms with Crippen LogP contribution in [-0.4, -0.2) is 48.9 Å². The molecule has 0 spiro atoms. The second-order valence-electron chi connectivity index (χ2n) is 5.11. The molecule has 1 amide bonds. The van der Waals surface area contributed by atoms with Crippen LogP contribution in [0.25, 0.3) is 0 Å². The first-order valence-corrected chi connectivity index (χ1v) is 7.32. The minimum absolute atomic E-state index is 0.124. The van der Waals surface area contributed by atoms with Gasteiger partial charge in [-0.3, -0.25) is 9.59 Å². The SMILES string of the molecule is CC(OCC1CCCO1)C(=O)NCCCCCC(=O)O. The maximum absolute atomic E-state index is 11.7. The Morgan fingerprint density at radius 3 is 2.85 bits per heavy atom. The Labute approximate surface area is 119 Å². The van der Waals surface area contributed by atoms with Crippen LogP contribution in [0.2, 0.25) is 0 Å². The lowest BCUT2D eigenvalue weighted by molar-refractivity contribution is -0.137. The van der Waals surface area contributed by atoms with Crippen LogP contribution in [0, 0.1) is 0 Å². The van der Waals surface area contributed by atoms with E-state index in [2.05, 4.69) is 5.32 Å². The highest BCUT2D eigenvalue weighted by Gasteiger charge is 2.19. The molecule has 1 saturated heterocycles. The van der Waals surface area contributed by atoms with Gasteiger partial charge >= 0.3 is 5.97 Å². The Bertz CT molecular complexity index is 302. The van der Waals surface area contributed by atoms with Crippen molar-refractivity contribution in [3.8, 4) is 0 Å². The zero-order valence-electron chi connectivity index (χ0n) is 12.1. The topological polar surface area (TPSA) is 84.9 Å². The van der Waals surface area contributed by atoms with Crippen molar-refractivity contribution in [1.82, 2.24) is 5.32 Å². The molecule has 0 aliphatic carbocycles. The molecule has 116 valence electrons. The number of aliphatic carboxylic acids is 1. The van der Waals surface area contributed by atoms with Crippen molar-refractivity contribution in [2.24, 2.45) is 0 Å². The first kappa shape index (κ1) is 16.9. The molecule has 0 aromatic heterocycles. The number of amides is 1. The van der Waals surface area contributed by atoms with Crippen LogP contribution >= 0.6 is 0 Å². The van der Waals surface area contributed by atoms with E-state index >= 15 is 0 Å². The van der Waals surface area contributed by atoms with Crippen molar-refractivity contribution < 1.29 is 24.2 Å². The minimum Gasteiger partial charge on any atom is -0.481 e. The average molecular weight is 287 g/mol. The molecule has 0 bridgehead atoms. The number of hydrogen-bond acceptors (Lipinski definition) is 4. The Morgan fingerprint density at radius 2 is 2.20 bits per heavy atom. The highest BCUT2D eigenvalue weighted by atomic mass is 16.5.